The Hall–Kier alpha value is -4.57. The topological polar surface area (TPSA) is 78.9 Å². The van der Waals surface area contributed by atoms with E-state index in [2.05, 4.69) is 16.5 Å². The van der Waals surface area contributed by atoms with E-state index in [0.717, 1.165) is 33.7 Å². The first-order chi connectivity index (χ1) is 16.8. The van der Waals surface area contributed by atoms with E-state index in [1.807, 2.05) is 85.5 Å². The van der Waals surface area contributed by atoms with Gasteiger partial charge in [0.15, 0.2) is 0 Å². The van der Waals surface area contributed by atoms with Crippen molar-refractivity contribution in [2.24, 2.45) is 0 Å². The van der Waals surface area contributed by atoms with E-state index in [0.29, 0.717) is 23.2 Å². The molecule has 0 radical (unpaired) electrons. The molecule has 6 nitrogen and oxygen atoms in total. The number of hydrogen-bond donors (Lipinski definition) is 2. The molecular weight excluding hydrogens is 441 g/mol. The van der Waals surface area contributed by atoms with Crippen LogP contribution in [0.1, 0.15) is 30.5 Å². The molecule has 1 aliphatic heterocycles. The molecule has 0 saturated heterocycles. The van der Waals surface area contributed by atoms with Crippen LogP contribution in [-0.4, -0.2) is 26.8 Å². The maximum atomic E-state index is 14.5. The zero-order valence-electron chi connectivity index (χ0n) is 19.9. The molecule has 1 aliphatic rings. The molecule has 0 spiro atoms. The van der Waals surface area contributed by atoms with E-state index in [4.69, 9.17) is 5.26 Å². The van der Waals surface area contributed by atoms with Gasteiger partial charge in [0, 0.05) is 53.6 Å². The van der Waals surface area contributed by atoms with Gasteiger partial charge in [0.2, 0.25) is 0 Å². The molecule has 2 heterocycles. The fourth-order valence-electron chi connectivity index (χ4n) is 4.18. The molecule has 0 atom stereocenters. The number of aromatic amines is 2. The van der Waals surface area contributed by atoms with Crippen LogP contribution in [0, 0.1) is 17.1 Å². The molecule has 4 rings (SSSR count). The van der Waals surface area contributed by atoms with Crippen LogP contribution in [0.3, 0.4) is 0 Å². The zero-order chi connectivity index (χ0) is 25.1. The lowest BCUT2D eigenvalue weighted by molar-refractivity contribution is 0.407. The molecule has 35 heavy (non-hydrogen) atoms. The Morgan fingerprint density at radius 1 is 1.17 bits per heavy atom. The van der Waals surface area contributed by atoms with Crippen LogP contribution >= 0.6 is 0 Å². The number of aromatic nitrogens is 2. The summed E-state index contributed by atoms with van der Waals surface area (Å²) in [6, 6.07) is 12.2. The summed E-state index contributed by atoms with van der Waals surface area (Å²) < 4.78 is 14.5. The first-order valence-electron chi connectivity index (χ1n) is 11.2. The number of likely N-dealkylation sites (N-methyl/N-ethyl adjacent to an activating group) is 1. The number of hydrogen-bond acceptors (Lipinski definition) is 4. The standard InChI is InChI=1S/C28H26FN5O/c1-5-23-11-9-22(27(6-2)33(4)16-21-8-7-19(15-30)13-24(21)29)17-34(23)18(3)20-10-12-25-26(14-20)32-28(35)31-25/h5-14,17H,3,16H2,1-2,4H3,(H2,31,32,35)/b23-5-,27-6-. The summed E-state index contributed by atoms with van der Waals surface area (Å²) in [4.78, 5) is 21.2. The van der Waals surface area contributed by atoms with Crippen LogP contribution in [0.5, 0.6) is 0 Å². The lowest BCUT2D eigenvalue weighted by Gasteiger charge is -2.31. The average Bonchev–Trinajstić information content (AvgIpc) is 3.24. The molecule has 0 bridgehead atoms. The number of rotatable bonds is 6. The van der Waals surface area contributed by atoms with Crippen molar-refractivity contribution in [1.82, 2.24) is 19.8 Å². The van der Waals surface area contributed by atoms with Crippen molar-refractivity contribution in [3.8, 4) is 6.07 Å². The first kappa shape index (κ1) is 23.6. The molecule has 1 aromatic heterocycles. The van der Waals surface area contributed by atoms with Crippen LogP contribution in [-0.2, 0) is 6.54 Å². The van der Waals surface area contributed by atoms with Gasteiger partial charge in [0.05, 0.1) is 22.7 Å². The second-order valence-corrected chi connectivity index (χ2v) is 8.24. The quantitative estimate of drug-likeness (QED) is 0.499. The summed E-state index contributed by atoms with van der Waals surface area (Å²) >= 11 is 0. The van der Waals surface area contributed by atoms with E-state index in [9.17, 15) is 9.18 Å². The van der Waals surface area contributed by atoms with E-state index < -0.39 is 5.82 Å². The predicted octanol–water partition coefficient (Wildman–Crippen LogP) is 5.53. The van der Waals surface area contributed by atoms with E-state index in [1.54, 1.807) is 12.1 Å². The van der Waals surface area contributed by atoms with Gasteiger partial charge >= 0.3 is 5.69 Å². The SMILES string of the molecule is C=C(c1ccc2[nH]c(=O)[nH]c2c1)N1C=C(/C(=C/C)N(C)Cc2ccc(C#N)cc2F)C=C/C1=C/C. The monoisotopic (exact) mass is 467 g/mol. The molecule has 2 N–H and O–H groups in total. The largest absolute Gasteiger partial charge is 0.370 e. The summed E-state index contributed by atoms with van der Waals surface area (Å²) in [6.07, 6.45) is 10.0. The van der Waals surface area contributed by atoms with E-state index in [1.165, 1.54) is 6.07 Å². The number of benzene rings is 2. The number of nitrogens with zero attached hydrogens (tertiary/aromatic N) is 3. The Bertz CT molecular complexity index is 1530. The molecule has 0 unspecified atom stereocenters. The van der Waals surface area contributed by atoms with Gasteiger partial charge < -0.3 is 19.8 Å². The molecule has 3 aromatic rings. The minimum absolute atomic E-state index is 0.251. The van der Waals surface area contributed by atoms with Gasteiger partial charge in [-0.1, -0.05) is 30.9 Å². The van der Waals surface area contributed by atoms with E-state index >= 15 is 0 Å². The smallest absolute Gasteiger partial charge is 0.323 e. The predicted molar refractivity (Wildman–Crippen MR) is 137 cm³/mol. The molecular formula is C28H26FN5O. The van der Waals surface area contributed by atoms with Gasteiger partial charge in [0.1, 0.15) is 5.82 Å². The molecule has 0 saturated carbocycles. The number of allylic oxidation sites excluding steroid dienone is 4. The molecule has 2 aromatic carbocycles. The van der Waals surface area contributed by atoms with Crippen LogP contribution in [0.25, 0.3) is 16.7 Å². The summed E-state index contributed by atoms with van der Waals surface area (Å²) in [5.41, 5.74) is 6.44. The van der Waals surface area contributed by atoms with Crippen molar-refractivity contribution in [2.75, 3.05) is 7.05 Å². The van der Waals surface area contributed by atoms with E-state index in [-0.39, 0.29) is 5.69 Å². The number of H-pyrrole nitrogens is 2. The Morgan fingerprint density at radius 2 is 1.94 bits per heavy atom. The normalized spacial score (nSPS) is 14.8. The zero-order valence-corrected chi connectivity index (χ0v) is 19.9. The fraction of sp³-hybridized carbons (Fsp3) is 0.143. The summed E-state index contributed by atoms with van der Waals surface area (Å²) in [5, 5.41) is 8.99. The maximum Gasteiger partial charge on any atom is 0.323 e. The highest BCUT2D eigenvalue weighted by Crippen LogP contribution is 2.31. The van der Waals surface area contributed by atoms with Gasteiger partial charge in [-0.05, 0) is 50.3 Å². The number of halogens is 1. The van der Waals surface area contributed by atoms with Crippen LogP contribution in [0.4, 0.5) is 4.39 Å². The second kappa shape index (κ2) is 9.74. The summed E-state index contributed by atoms with van der Waals surface area (Å²) in [6.45, 7) is 8.56. The third kappa shape index (κ3) is 4.73. The van der Waals surface area contributed by atoms with Gasteiger partial charge in [0.25, 0.3) is 0 Å². The highest BCUT2D eigenvalue weighted by Gasteiger charge is 2.19. The van der Waals surface area contributed by atoms with Gasteiger partial charge in [-0.2, -0.15) is 5.26 Å². The third-order valence-corrected chi connectivity index (χ3v) is 5.99. The molecule has 0 fully saturated rings. The van der Waals surface area contributed by atoms with Crippen LogP contribution in [0.2, 0.25) is 0 Å². The second-order valence-electron chi connectivity index (χ2n) is 8.24. The van der Waals surface area contributed by atoms with Crippen molar-refractivity contribution in [3.05, 3.63) is 123 Å². The van der Waals surface area contributed by atoms with Crippen molar-refractivity contribution in [2.45, 2.75) is 20.4 Å². The summed E-state index contributed by atoms with van der Waals surface area (Å²) in [7, 11) is 1.90. The highest BCUT2D eigenvalue weighted by molar-refractivity contribution is 5.80. The Labute approximate surface area is 203 Å². The summed E-state index contributed by atoms with van der Waals surface area (Å²) in [5.74, 6) is -0.399. The van der Waals surface area contributed by atoms with Gasteiger partial charge in [-0.25, -0.2) is 9.18 Å². The molecule has 0 amide bonds. The average molecular weight is 468 g/mol. The van der Waals surface area contributed by atoms with Crippen molar-refractivity contribution in [3.63, 3.8) is 0 Å². The Balaban J connectivity index is 1.63. The van der Waals surface area contributed by atoms with Crippen molar-refractivity contribution in [1.29, 1.82) is 5.26 Å². The number of nitrogens with one attached hydrogen (secondary N) is 2. The van der Waals surface area contributed by atoms with Crippen LogP contribution in [0.15, 0.2) is 95.2 Å². The van der Waals surface area contributed by atoms with Crippen LogP contribution < -0.4 is 5.69 Å². The highest BCUT2D eigenvalue weighted by atomic mass is 19.1. The Morgan fingerprint density at radius 3 is 2.63 bits per heavy atom. The lowest BCUT2D eigenvalue weighted by atomic mass is 10.0. The fourth-order valence-corrected chi connectivity index (χ4v) is 4.18. The number of nitriles is 1. The maximum absolute atomic E-state index is 14.5. The molecule has 7 heteroatoms. The van der Waals surface area contributed by atoms with Crippen molar-refractivity contribution < 1.29 is 4.39 Å². The number of imidazole rings is 1. The molecule has 0 aliphatic carbocycles. The van der Waals surface area contributed by atoms with Gasteiger partial charge in [-0.3, -0.25) is 0 Å². The number of fused-ring (bicyclic) bond motifs is 1. The first-order valence-corrected chi connectivity index (χ1v) is 11.2. The minimum atomic E-state index is -0.399. The lowest BCUT2D eigenvalue weighted by Crippen LogP contribution is -2.23. The molecule has 176 valence electrons. The Kier molecular flexibility index (Phi) is 6.56. The van der Waals surface area contributed by atoms with Gasteiger partial charge in [-0.15, -0.1) is 0 Å². The third-order valence-electron chi connectivity index (χ3n) is 5.99. The van der Waals surface area contributed by atoms with Crippen molar-refractivity contribution >= 4 is 16.7 Å². The minimum Gasteiger partial charge on any atom is -0.370 e.